The fourth-order valence-electron chi connectivity index (χ4n) is 9.80. The van der Waals surface area contributed by atoms with E-state index in [4.69, 9.17) is 22.9 Å². The first-order valence-corrected chi connectivity index (χ1v) is 27.9. The highest BCUT2D eigenvalue weighted by atomic mass is 16.4. The van der Waals surface area contributed by atoms with E-state index in [0.717, 1.165) is 0 Å². The quantitative estimate of drug-likeness (QED) is 0.0231. The number of carboxylic acid groups (broad SMARTS) is 1. The molecule has 8 atom stereocenters. The summed E-state index contributed by atoms with van der Waals surface area (Å²) in [6.45, 7) is -0.402. The summed E-state index contributed by atoms with van der Waals surface area (Å²) < 4.78 is 0. The van der Waals surface area contributed by atoms with Gasteiger partial charge in [-0.1, -0.05) is 91.4 Å². The lowest BCUT2D eigenvalue weighted by atomic mass is 10.0. The third kappa shape index (κ3) is 21.5. The van der Waals surface area contributed by atoms with E-state index < -0.39 is 114 Å². The Labute approximate surface area is 482 Å². The average Bonchev–Trinajstić information content (AvgIpc) is 4.25. The molecule has 16 N–H and O–H groups in total. The number of aliphatic carboxylic acids is 1. The maximum absolute atomic E-state index is 14.9. The lowest BCUT2D eigenvalue weighted by Gasteiger charge is -2.32. The molecule has 0 spiro atoms. The van der Waals surface area contributed by atoms with Gasteiger partial charge in [0, 0.05) is 39.4 Å². The van der Waals surface area contributed by atoms with Crippen molar-refractivity contribution in [2.24, 2.45) is 27.9 Å². The van der Waals surface area contributed by atoms with Crippen molar-refractivity contribution in [1.82, 2.24) is 41.7 Å². The van der Waals surface area contributed by atoms with Crippen molar-refractivity contribution in [1.29, 1.82) is 0 Å². The van der Waals surface area contributed by atoms with Crippen LogP contribution in [0.3, 0.4) is 0 Å². The summed E-state index contributed by atoms with van der Waals surface area (Å²) in [5.74, 6) is -8.06. The number of nitrogens with one attached hydrogen (secondary N) is 6. The van der Waals surface area contributed by atoms with E-state index in [-0.39, 0.29) is 95.4 Å². The van der Waals surface area contributed by atoms with Gasteiger partial charge in [-0.3, -0.25) is 58.3 Å². The number of likely N-dealkylation sites (N-methyl/N-ethyl adjacent to an activating group) is 1. The van der Waals surface area contributed by atoms with Crippen LogP contribution >= 0.6 is 0 Å². The number of nitrogens with two attached hydrogens (primary N) is 4. The Morgan fingerprint density at radius 1 is 0.699 bits per heavy atom. The summed E-state index contributed by atoms with van der Waals surface area (Å²) in [7, 11) is 1.39. The number of aromatic hydroxyl groups is 1. The molecule has 0 bridgehead atoms. The van der Waals surface area contributed by atoms with Gasteiger partial charge in [0.05, 0.1) is 12.6 Å². The number of rotatable bonds is 24. The SMILES string of the molecule is CN1C(=O)CNC(=O)[C@H](N[C@@H](Cc2ccc(O)cc2)C(=O)O)CCCC/C=C/CC[C@@H](C(=O)N2CCC[C@H]2C(=O)N[C@@H](CCC(N)=O)C(=O)N[C@@H](CCCN=C(N)N)C(=O)N[C@@H](Cc2ccccc2)C(N)=O)NC(=O)[C@@H]1Cc1ccccc1. The molecule has 448 valence electrons. The summed E-state index contributed by atoms with van der Waals surface area (Å²) in [5.41, 5.74) is 24.2. The zero-order valence-corrected chi connectivity index (χ0v) is 46.7. The molecule has 1 saturated heterocycles. The zero-order chi connectivity index (χ0) is 60.4. The van der Waals surface area contributed by atoms with Gasteiger partial charge in [-0.2, -0.15) is 0 Å². The minimum atomic E-state index is -1.46. The Kier molecular flexibility index (Phi) is 25.9. The molecule has 3 aromatic rings. The Morgan fingerprint density at radius 3 is 1.95 bits per heavy atom. The van der Waals surface area contributed by atoms with E-state index in [1.165, 1.54) is 29.0 Å². The predicted octanol–water partition coefficient (Wildman–Crippen LogP) is -0.580. The van der Waals surface area contributed by atoms with Crippen LogP contribution in [-0.4, -0.2) is 160 Å². The third-order valence-corrected chi connectivity index (χ3v) is 14.4. The van der Waals surface area contributed by atoms with Gasteiger partial charge in [0.15, 0.2) is 5.96 Å². The van der Waals surface area contributed by atoms with Crippen LogP contribution in [0.25, 0.3) is 0 Å². The average molecular weight is 1150 g/mol. The summed E-state index contributed by atoms with van der Waals surface area (Å²) >= 11 is 0. The van der Waals surface area contributed by atoms with Gasteiger partial charge >= 0.3 is 5.97 Å². The molecule has 2 heterocycles. The summed E-state index contributed by atoms with van der Waals surface area (Å²) in [5, 5.41) is 36.3. The van der Waals surface area contributed by atoms with Crippen LogP contribution in [0.5, 0.6) is 5.75 Å². The predicted molar refractivity (Wildman–Crippen MR) is 307 cm³/mol. The Morgan fingerprint density at radius 2 is 1.31 bits per heavy atom. The van der Waals surface area contributed by atoms with E-state index in [1.807, 2.05) is 12.2 Å². The summed E-state index contributed by atoms with van der Waals surface area (Å²) in [6, 6.07) is 13.9. The second-order valence-corrected chi connectivity index (χ2v) is 20.7. The van der Waals surface area contributed by atoms with Crippen LogP contribution in [0.15, 0.2) is 102 Å². The number of primary amides is 2. The number of nitrogens with zero attached hydrogens (tertiary/aromatic N) is 3. The molecule has 0 aliphatic carbocycles. The van der Waals surface area contributed by atoms with Crippen molar-refractivity contribution >= 4 is 65.1 Å². The van der Waals surface area contributed by atoms with Gasteiger partial charge in [-0.15, -0.1) is 0 Å². The molecule has 5 rings (SSSR count). The van der Waals surface area contributed by atoms with Crippen molar-refractivity contribution in [2.75, 3.05) is 26.7 Å². The lowest BCUT2D eigenvalue weighted by Crippen LogP contribution is -2.60. The first kappa shape index (κ1) is 64.9. The Bertz CT molecular complexity index is 2760. The van der Waals surface area contributed by atoms with E-state index >= 15 is 0 Å². The van der Waals surface area contributed by atoms with Crippen LogP contribution < -0.4 is 54.8 Å². The van der Waals surface area contributed by atoms with Gasteiger partial charge in [0.1, 0.15) is 48.0 Å². The number of hydrogen-bond acceptors (Lipinski definition) is 13. The number of carbonyl (C=O) groups is 10. The van der Waals surface area contributed by atoms with Crippen LogP contribution in [0.1, 0.15) is 93.7 Å². The molecular formula is C58H79N13O12. The first-order chi connectivity index (χ1) is 39.7. The van der Waals surface area contributed by atoms with Crippen LogP contribution in [0, 0.1) is 0 Å². The zero-order valence-electron chi connectivity index (χ0n) is 46.7. The van der Waals surface area contributed by atoms with Crippen LogP contribution in [0.4, 0.5) is 0 Å². The molecule has 0 radical (unpaired) electrons. The minimum Gasteiger partial charge on any atom is -0.508 e. The number of benzene rings is 3. The molecule has 9 amide bonds. The smallest absolute Gasteiger partial charge is 0.321 e. The van der Waals surface area contributed by atoms with Crippen molar-refractivity contribution < 1.29 is 58.2 Å². The highest BCUT2D eigenvalue weighted by molar-refractivity contribution is 5.98. The number of aliphatic imine (C=N–C) groups is 1. The van der Waals surface area contributed by atoms with E-state index in [2.05, 4.69) is 36.9 Å². The first-order valence-electron chi connectivity index (χ1n) is 27.9. The van der Waals surface area contributed by atoms with Gasteiger partial charge < -0.3 is 69.5 Å². The number of likely N-dealkylation sites (tertiary alicyclic amines) is 1. The van der Waals surface area contributed by atoms with Gasteiger partial charge in [-0.05, 0) is 99.5 Å². The number of guanidine groups is 1. The van der Waals surface area contributed by atoms with Gasteiger partial charge in [-0.25, -0.2) is 0 Å². The molecule has 2 aliphatic rings. The largest absolute Gasteiger partial charge is 0.508 e. The fraction of sp³-hybridized carbons (Fsp3) is 0.466. The number of allylic oxidation sites excluding steroid dienone is 2. The molecule has 0 aromatic heterocycles. The number of amides is 9. The molecule has 83 heavy (non-hydrogen) atoms. The maximum atomic E-state index is 14.9. The van der Waals surface area contributed by atoms with Gasteiger partial charge in [0.2, 0.25) is 53.2 Å². The molecule has 0 unspecified atom stereocenters. The maximum Gasteiger partial charge on any atom is 0.321 e. The highest BCUT2D eigenvalue weighted by Crippen LogP contribution is 2.22. The number of carboxylic acids is 1. The number of carbonyl (C=O) groups excluding carboxylic acids is 9. The minimum absolute atomic E-state index is 0.000225. The lowest BCUT2D eigenvalue weighted by molar-refractivity contribution is -0.144. The topological polar surface area (TPSA) is 406 Å². The molecule has 1 fully saturated rings. The third-order valence-electron chi connectivity index (χ3n) is 14.4. The monoisotopic (exact) mass is 1150 g/mol. The number of hydrogen-bond donors (Lipinski definition) is 12. The Hall–Kier alpha value is -8.87. The van der Waals surface area contributed by atoms with Crippen molar-refractivity contribution in [2.45, 2.75) is 145 Å². The second kappa shape index (κ2) is 33.2. The Balaban J connectivity index is 1.36. The molecule has 2 aliphatic heterocycles. The van der Waals surface area contributed by atoms with E-state index in [1.54, 1.807) is 72.8 Å². The summed E-state index contributed by atoms with van der Waals surface area (Å²) in [4.78, 5) is 143. The van der Waals surface area contributed by atoms with Gasteiger partial charge in [0.25, 0.3) is 0 Å². The molecule has 25 heteroatoms. The molecule has 25 nitrogen and oxygen atoms in total. The normalized spacial score (nSPS) is 20.1. The van der Waals surface area contributed by atoms with Crippen LogP contribution in [-0.2, 0) is 67.2 Å². The molecule has 0 saturated carbocycles. The van der Waals surface area contributed by atoms with Crippen molar-refractivity contribution in [3.05, 3.63) is 114 Å². The van der Waals surface area contributed by atoms with Crippen LogP contribution in [0.2, 0.25) is 0 Å². The van der Waals surface area contributed by atoms with Crippen molar-refractivity contribution in [3.8, 4) is 5.75 Å². The highest BCUT2D eigenvalue weighted by Gasteiger charge is 2.41. The molecular weight excluding hydrogens is 1070 g/mol. The number of phenolic OH excluding ortho intramolecular Hbond substituents is 1. The van der Waals surface area contributed by atoms with Crippen molar-refractivity contribution in [3.63, 3.8) is 0 Å². The standard InChI is InChI=1S/C58H79N13O12/c1-70-47(34-37-18-10-7-11-19-37)55(80)68-43(21-13-5-3-2-4-12-20-40(51(76)64-35-49(70)74)65-45(57(82)83)33-38-24-26-39(72)27-25-38)56(81)71-31-15-23-46(71)54(79)67-42(28-29-48(59)73)53(78)66-41(22-14-30-63-58(61)62)52(77)69-44(50(60)75)32-36-16-8-6-9-17-36/h3,5-11,16-19,24-27,40-47,65,72H,2,4,12-15,20-23,28-35H2,1H3,(H2,59,73)(H2,60,75)(H,64,76)(H,66,78)(H,67,79)(H,68,80)(H,69,77)(H,82,83)(H4,61,62,63)/b5-3+/t40-,41+,42+,43+,44+,45+,46+,47+/m1/s1. The van der Waals surface area contributed by atoms with E-state index in [9.17, 15) is 58.2 Å². The summed E-state index contributed by atoms with van der Waals surface area (Å²) in [6.07, 6.45) is 5.94. The molecule has 3 aromatic carbocycles. The number of phenols is 1. The fourth-order valence-corrected chi connectivity index (χ4v) is 9.80. The second-order valence-electron chi connectivity index (χ2n) is 20.7. The van der Waals surface area contributed by atoms with E-state index in [0.29, 0.717) is 42.4 Å².